The van der Waals surface area contributed by atoms with Crippen molar-refractivity contribution in [1.82, 2.24) is 15.0 Å². The molecule has 0 radical (unpaired) electrons. The van der Waals surface area contributed by atoms with E-state index in [-0.39, 0.29) is 0 Å². The molecular weight excluding hydrogens is 269 g/mol. The van der Waals surface area contributed by atoms with Gasteiger partial charge in [0.2, 0.25) is 0 Å². The van der Waals surface area contributed by atoms with Gasteiger partial charge < -0.3 is 4.98 Å². The summed E-state index contributed by atoms with van der Waals surface area (Å²) in [6.45, 7) is 0. The molecule has 2 aromatic heterocycles. The van der Waals surface area contributed by atoms with E-state index >= 15 is 0 Å². The third-order valence-electron chi connectivity index (χ3n) is 3.64. The van der Waals surface area contributed by atoms with Crippen LogP contribution in [0.2, 0.25) is 10.2 Å². The first-order valence-electron chi connectivity index (χ1n) is 6.45. The van der Waals surface area contributed by atoms with Crippen molar-refractivity contribution in [1.29, 1.82) is 0 Å². The molecule has 0 spiro atoms. The highest BCUT2D eigenvalue weighted by Crippen LogP contribution is 2.31. The molecule has 0 aliphatic heterocycles. The predicted octanol–water partition coefficient (Wildman–Crippen LogP) is 4.70. The third kappa shape index (κ3) is 2.34. The summed E-state index contributed by atoms with van der Waals surface area (Å²) in [5.41, 5.74) is 1.55. The van der Waals surface area contributed by atoms with E-state index in [2.05, 4.69) is 15.0 Å². The number of nitrogens with zero attached hydrogens (tertiary/aromatic N) is 2. The van der Waals surface area contributed by atoms with E-state index in [0.717, 1.165) is 11.3 Å². The Bertz CT molecular complexity index is 518. The molecule has 96 valence electrons. The van der Waals surface area contributed by atoms with E-state index in [1.807, 2.05) is 0 Å². The lowest BCUT2D eigenvalue weighted by Gasteiger charge is -2.09. The number of H-pyrrole nitrogens is 1. The number of halogens is 2. The van der Waals surface area contributed by atoms with Gasteiger partial charge in [-0.25, -0.2) is 9.97 Å². The molecule has 5 heteroatoms. The van der Waals surface area contributed by atoms with Gasteiger partial charge in [-0.2, -0.15) is 0 Å². The maximum absolute atomic E-state index is 5.97. The van der Waals surface area contributed by atoms with Crippen molar-refractivity contribution in [2.75, 3.05) is 0 Å². The van der Waals surface area contributed by atoms with Gasteiger partial charge in [0.1, 0.15) is 11.0 Å². The van der Waals surface area contributed by atoms with Crippen molar-refractivity contribution in [3.63, 3.8) is 0 Å². The smallest absolute Gasteiger partial charge is 0.179 e. The molecular formula is C13H15Cl2N3. The largest absolute Gasteiger partial charge is 0.340 e. The van der Waals surface area contributed by atoms with Crippen LogP contribution in [0.3, 0.4) is 0 Å². The van der Waals surface area contributed by atoms with Crippen molar-refractivity contribution in [3.05, 3.63) is 22.1 Å². The molecule has 1 saturated carbocycles. The highest BCUT2D eigenvalue weighted by Gasteiger charge is 2.18. The quantitative estimate of drug-likeness (QED) is 0.609. The lowest BCUT2D eigenvalue weighted by atomic mass is 10.00. The summed E-state index contributed by atoms with van der Waals surface area (Å²) >= 11 is 11.9. The van der Waals surface area contributed by atoms with Crippen LogP contribution in [0.15, 0.2) is 6.07 Å². The van der Waals surface area contributed by atoms with Crippen LogP contribution in [0.25, 0.3) is 11.2 Å². The monoisotopic (exact) mass is 283 g/mol. The molecule has 0 bridgehead atoms. The van der Waals surface area contributed by atoms with E-state index in [1.54, 1.807) is 6.07 Å². The molecule has 18 heavy (non-hydrogen) atoms. The molecule has 3 nitrogen and oxygen atoms in total. The molecule has 1 fully saturated rings. The van der Waals surface area contributed by atoms with Crippen LogP contribution in [-0.4, -0.2) is 15.0 Å². The fraction of sp³-hybridized carbons (Fsp3) is 0.538. The highest BCUT2D eigenvalue weighted by atomic mass is 35.5. The van der Waals surface area contributed by atoms with E-state index in [4.69, 9.17) is 23.2 Å². The lowest BCUT2D eigenvalue weighted by Crippen LogP contribution is -1.99. The molecule has 1 aliphatic rings. The zero-order valence-corrected chi connectivity index (χ0v) is 11.6. The van der Waals surface area contributed by atoms with Crippen molar-refractivity contribution in [3.8, 4) is 0 Å². The maximum Gasteiger partial charge on any atom is 0.179 e. The minimum Gasteiger partial charge on any atom is -0.340 e. The Hall–Kier alpha value is -0.800. The summed E-state index contributed by atoms with van der Waals surface area (Å²) in [5, 5.41) is 0.795. The second-order valence-corrected chi connectivity index (χ2v) is 5.71. The van der Waals surface area contributed by atoms with Crippen LogP contribution >= 0.6 is 23.2 Å². The SMILES string of the molecule is Clc1cc2[nH]c(C3CCCCCC3)nc2nc1Cl. The average Bonchev–Trinajstić information content (AvgIpc) is 2.60. The number of hydrogen-bond donors (Lipinski definition) is 1. The van der Waals surface area contributed by atoms with Crippen LogP contribution < -0.4 is 0 Å². The van der Waals surface area contributed by atoms with Gasteiger partial charge in [0.25, 0.3) is 0 Å². The highest BCUT2D eigenvalue weighted by molar-refractivity contribution is 6.41. The van der Waals surface area contributed by atoms with Crippen molar-refractivity contribution < 1.29 is 0 Å². The summed E-state index contributed by atoms with van der Waals surface area (Å²) in [7, 11) is 0. The van der Waals surface area contributed by atoms with Gasteiger partial charge in [-0.3, -0.25) is 0 Å². The number of nitrogens with one attached hydrogen (secondary N) is 1. The van der Waals surface area contributed by atoms with Crippen LogP contribution in [0.4, 0.5) is 0 Å². The van der Waals surface area contributed by atoms with Crippen LogP contribution in [-0.2, 0) is 0 Å². The van der Waals surface area contributed by atoms with E-state index < -0.39 is 0 Å². The fourth-order valence-electron chi connectivity index (χ4n) is 2.66. The minimum absolute atomic E-state index is 0.322. The van der Waals surface area contributed by atoms with Gasteiger partial charge in [-0.15, -0.1) is 0 Å². The Morgan fingerprint density at radius 3 is 2.50 bits per heavy atom. The molecule has 2 heterocycles. The number of fused-ring (bicyclic) bond motifs is 1. The Labute approximate surface area is 116 Å². The average molecular weight is 284 g/mol. The molecule has 1 aliphatic carbocycles. The molecule has 0 saturated heterocycles. The van der Waals surface area contributed by atoms with Gasteiger partial charge in [0.15, 0.2) is 5.65 Å². The van der Waals surface area contributed by atoms with Crippen LogP contribution in [0, 0.1) is 0 Å². The van der Waals surface area contributed by atoms with Crippen LogP contribution in [0.5, 0.6) is 0 Å². The Morgan fingerprint density at radius 1 is 1.06 bits per heavy atom. The molecule has 0 unspecified atom stereocenters. The third-order valence-corrected chi connectivity index (χ3v) is 4.32. The van der Waals surface area contributed by atoms with Crippen molar-refractivity contribution in [2.24, 2.45) is 0 Å². The number of hydrogen-bond acceptors (Lipinski definition) is 2. The number of aromatic nitrogens is 3. The zero-order chi connectivity index (χ0) is 12.5. The number of pyridine rings is 1. The van der Waals surface area contributed by atoms with E-state index in [1.165, 1.54) is 38.5 Å². The van der Waals surface area contributed by atoms with Gasteiger partial charge in [-0.05, 0) is 18.9 Å². The molecule has 0 aromatic carbocycles. The lowest BCUT2D eigenvalue weighted by molar-refractivity contribution is 0.567. The molecule has 0 atom stereocenters. The summed E-state index contributed by atoms with van der Waals surface area (Å²) in [5.74, 6) is 1.57. The molecule has 1 N–H and O–H groups in total. The normalized spacial score (nSPS) is 18.1. The first-order valence-corrected chi connectivity index (χ1v) is 7.21. The van der Waals surface area contributed by atoms with E-state index in [9.17, 15) is 0 Å². The Balaban J connectivity index is 1.96. The summed E-state index contributed by atoms with van der Waals surface area (Å²) in [6, 6.07) is 1.80. The first kappa shape index (κ1) is 12.2. The summed E-state index contributed by atoms with van der Waals surface area (Å²) in [4.78, 5) is 12.1. The minimum atomic E-state index is 0.322. The Morgan fingerprint density at radius 2 is 1.78 bits per heavy atom. The number of aromatic amines is 1. The predicted molar refractivity (Wildman–Crippen MR) is 74.4 cm³/mol. The Kier molecular flexibility index (Phi) is 3.44. The maximum atomic E-state index is 5.97. The fourth-order valence-corrected chi connectivity index (χ4v) is 2.95. The zero-order valence-electron chi connectivity index (χ0n) is 10.0. The number of imidazole rings is 1. The molecule has 0 amide bonds. The summed E-state index contributed by atoms with van der Waals surface area (Å²) in [6.07, 6.45) is 7.68. The van der Waals surface area contributed by atoms with Gasteiger partial charge in [0.05, 0.1) is 10.5 Å². The molecule has 2 aromatic rings. The van der Waals surface area contributed by atoms with Crippen molar-refractivity contribution in [2.45, 2.75) is 44.4 Å². The van der Waals surface area contributed by atoms with Crippen molar-refractivity contribution >= 4 is 34.4 Å². The van der Waals surface area contributed by atoms with Gasteiger partial charge >= 0.3 is 0 Å². The standard InChI is InChI=1S/C13H15Cl2N3/c14-9-7-10-13(17-11(9)15)18-12(16-10)8-5-3-1-2-4-6-8/h7-8H,1-6H2,(H,16,17,18). The van der Waals surface area contributed by atoms with E-state index in [0.29, 0.717) is 21.7 Å². The van der Waals surface area contributed by atoms with Crippen LogP contribution in [0.1, 0.15) is 50.3 Å². The number of rotatable bonds is 1. The van der Waals surface area contributed by atoms with Gasteiger partial charge in [-0.1, -0.05) is 48.9 Å². The van der Waals surface area contributed by atoms with Gasteiger partial charge in [0, 0.05) is 5.92 Å². The first-order chi connectivity index (χ1) is 8.74. The molecule has 3 rings (SSSR count). The summed E-state index contributed by atoms with van der Waals surface area (Å²) < 4.78 is 0. The topological polar surface area (TPSA) is 41.6 Å². The second kappa shape index (κ2) is 5.06. The second-order valence-electron chi connectivity index (χ2n) is 4.94.